The van der Waals surface area contributed by atoms with Gasteiger partial charge >= 0.3 is 5.97 Å². The number of ether oxygens (including phenoxy) is 3. The van der Waals surface area contributed by atoms with Gasteiger partial charge in [0.05, 0.1) is 18.2 Å². The minimum absolute atomic E-state index is 0.185. The summed E-state index contributed by atoms with van der Waals surface area (Å²) in [6, 6.07) is 19.2. The lowest BCUT2D eigenvalue weighted by Gasteiger charge is -2.08. The Bertz CT molecular complexity index is 1150. The van der Waals surface area contributed by atoms with Crippen LogP contribution in [0.5, 0.6) is 11.5 Å². The fourth-order valence-electron chi connectivity index (χ4n) is 3.03. The summed E-state index contributed by atoms with van der Waals surface area (Å²) in [6.07, 6.45) is 1.66. The lowest BCUT2D eigenvalue weighted by Crippen LogP contribution is -2.02. The van der Waals surface area contributed by atoms with Gasteiger partial charge in [0, 0.05) is 11.1 Å². The van der Waals surface area contributed by atoms with E-state index in [1.54, 1.807) is 60.7 Å². The van der Waals surface area contributed by atoms with E-state index in [0.29, 0.717) is 34.3 Å². The molecular formula is C24H17ClO5. The van der Waals surface area contributed by atoms with Crippen molar-refractivity contribution in [3.63, 3.8) is 0 Å². The third-order valence-corrected chi connectivity index (χ3v) is 4.80. The van der Waals surface area contributed by atoms with E-state index in [2.05, 4.69) is 4.74 Å². The number of ketones is 1. The van der Waals surface area contributed by atoms with Crippen LogP contribution < -0.4 is 9.47 Å². The number of benzene rings is 3. The fraction of sp³-hybridized carbons (Fsp3) is 0.0833. The molecule has 0 amide bonds. The molecule has 0 unspecified atom stereocenters. The highest BCUT2D eigenvalue weighted by Crippen LogP contribution is 2.35. The summed E-state index contributed by atoms with van der Waals surface area (Å²) >= 11 is 6.00. The molecule has 0 saturated heterocycles. The van der Waals surface area contributed by atoms with Gasteiger partial charge in [-0.25, -0.2) is 4.79 Å². The monoisotopic (exact) mass is 420 g/mol. The van der Waals surface area contributed by atoms with Gasteiger partial charge in [-0.1, -0.05) is 35.9 Å². The second-order valence-corrected chi connectivity index (χ2v) is 7.07. The molecule has 0 saturated carbocycles. The van der Waals surface area contributed by atoms with Gasteiger partial charge in [-0.15, -0.1) is 0 Å². The lowest BCUT2D eigenvalue weighted by atomic mass is 10.1. The number of hydrogen-bond acceptors (Lipinski definition) is 5. The zero-order valence-corrected chi connectivity index (χ0v) is 16.8. The summed E-state index contributed by atoms with van der Waals surface area (Å²) in [6.45, 7) is 0.305. The van der Waals surface area contributed by atoms with Crippen molar-refractivity contribution in [3.8, 4) is 11.5 Å². The molecule has 150 valence electrons. The van der Waals surface area contributed by atoms with Gasteiger partial charge in [-0.2, -0.15) is 0 Å². The highest BCUT2D eigenvalue weighted by atomic mass is 35.5. The first kappa shape index (κ1) is 19.7. The van der Waals surface area contributed by atoms with Crippen LogP contribution in [0.25, 0.3) is 6.08 Å². The molecule has 0 fully saturated rings. The maximum absolute atomic E-state index is 12.6. The Labute approximate surface area is 178 Å². The normalized spacial score (nSPS) is 13.7. The maximum atomic E-state index is 12.6. The molecule has 0 aromatic heterocycles. The number of rotatable bonds is 5. The molecule has 0 radical (unpaired) electrons. The highest BCUT2D eigenvalue weighted by molar-refractivity contribution is 6.30. The van der Waals surface area contributed by atoms with Crippen molar-refractivity contribution in [1.29, 1.82) is 0 Å². The molecule has 0 atom stereocenters. The molecule has 30 heavy (non-hydrogen) atoms. The average molecular weight is 421 g/mol. The standard InChI is InChI=1S/C24H17ClO5/c1-28-24(27)17-7-5-15(6-8-17)14-29-19-9-10-20-21(13-19)30-22(23(20)26)12-16-3-2-4-18(25)11-16/h2-13H,14H2,1H3. The minimum Gasteiger partial charge on any atom is -0.489 e. The van der Waals surface area contributed by atoms with Crippen molar-refractivity contribution >= 4 is 29.4 Å². The molecule has 4 rings (SSSR count). The summed E-state index contributed by atoms with van der Waals surface area (Å²) in [7, 11) is 1.34. The Hall–Kier alpha value is -3.57. The Kier molecular flexibility index (Phi) is 5.55. The molecule has 0 bridgehead atoms. The van der Waals surface area contributed by atoms with E-state index in [1.807, 2.05) is 12.1 Å². The third kappa shape index (κ3) is 4.21. The van der Waals surface area contributed by atoms with Crippen molar-refractivity contribution in [2.45, 2.75) is 6.61 Å². The smallest absolute Gasteiger partial charge is 0.337 e. The molecule has 1 aliphatic rings. The molecule has 3 aromatic carbocycles. The number of Topliss-reactive ketones (excluding diaryl/α,β-unsaturated/α-hetero) is 1. The predicted octanol–water partition coefficient (Wildman–Crippen LogP) is 5.32. The number of hydrogen-bond donors (Lipinski definition) is 0. The Morgan fingerprint density at radius 2 is 1.87 bits per heavy atom. The van der Waals surface area contributed by atoms with Gasteiger partial charge in [0.15, 0.2) is 5.76 Å². The first-order valence-electron chi connectivity index (χ1n) is 9.17. The molecular weight excluding hydrogens is 404 g/mol. The molecule has 0 spiro atoms. The molecule has 1 aliphatic heterocycles. The van der Waals surface area contributed by atoms with E-state index in [1.165, 1.54) is 7.11 Å². The summed E-state index contributed by atoms with van der Waals surface area (Å²) in [5, 5.41) is 0.586. The van der Waals surface area contributed by atoms with Crippen molar-refractivity contribution in [1.82, 2.24) is 0 Å². The topological polar surface area (TPSA) is 61.8 Å². The molecule has 6 heteroatoms. The van der Waals surface area contributed by atoms with E-state index >= 15 is 0 Å². The molecule has 5 nitrogen and oxygen atoms in total. The molecule has 1 heterocycles. The quantitative estimate of drug-likeness (QED) is 0.413. The Balaban J connectivity index is 1.46. The van der Waals surface area contributed by atoms with Crippen molar-refractivity contribution < 1.29 is 23.8 Å². The lowest BCUT2D eigenvalue weighted by molar-refractivity contribution is 0.0600. The van der Waals surface area contributed by atoms with Crippen LogP contribution >= 0.6 is 11.6 Å². The second-order valence-electron chi connectivity index (χ2n) is 6.63. The van der Waals surface area contributed by atoms with Crippen LogP contribution in [0.1, 0.15) is 31.8 Å². The van der Waals surface area contributed by atoms with E-state index < -0.39 is 0 Å². The van der Waals surface area contributed by atoms with Crippen LogP contribution in [0.2, 0.25) is 5.02 Å². The Morgan fingerprint density at radius 3 is 2.60 bits per heavy atom. The van der Waals surface area contributed by atoms with Gasteiger partial charge in [0.1, 0.15) is 18.1 Å². The number of fused-ring (bicyclic) bond motifs is 1. The average Bonchev–Trinajstić information content (AvgIpc) is 3.06. The van der Waals surface area contributed by atoms with Crippen LogP contribution in [0.15, 0.2) is 72.5 Å². The molecule has 3 aromatic rings. The summed E-state index contributed by atoms with van der Waals surface area (Å²) in [5.41, 5.74) is 2.63. The number of carbonyl (C=O) groups excluding carboxylic acids is 2. The number of halogens is 1. The van der Waals surface area contributed by atoms with Crippen LogP contribution in [0, 0.1) is 0 Å². The first-order valence-corrected chi connectivity index (χ1v) is 9.55. The number of carbonyl (C=O) groups is 2. The fourth-order valence-corrected chi connectivity index (χ4v) is 3.23. The van der Waals surface area contributed by atoms with E-state index in [4.69, 9.17) is 21.1 Å². The zero-order chi connectivity index (χ0) is 21.1. The minimum atomic E-state index is -0.385. The number of esters is 1. The maximum Gasteiger partial charge on any atom is 0.337 e. The predicted molar refractivity (Wildman–Crippen MR) is 113 cm³/mol. The second kappa shape index (κ2) is 8.43. The zero-order valence-electron chi connectivity index (χ0n) is 16.1. The van der Waals surface area contributed by atoms with Gasteiger partial charge in [-0.05, 0) is 53.6 Å². The molecule has 0 aliphatic carbocycles. The highest BCUT2D eigenvalue weighted by Gasteiger charge is 2.27. The summed E-state index contributed by atoms with van der Waals surface area (Å²) in [5.74, 6) is 0.691. The van der Waals surface area contributed by atoms with Gasteiger partial charge in [0.2, 0.25) is 5.78 Å². The molecule has 0 N–H and O–H groups in total. The Morgan fingerprint density at radius 1 is 1.07 bits per heavy atom. The largest absolute Gasteiger partial charge is 0.489 e. The SMILES string of the molecule is COC(=O)c1ccc(COc2ccc3c(c2)OC(=Cc2cccc(Cl)c2)C3=O)cc1. The van der Waals surface area contributed by atoms with Crippen LogP contribution in [-0.2, 0) is 11.3 Å². The van der Waals surface area contributed by atoms with E-state index in [-0.39, 0.29) is 17.5 Å². The number of allylic oxidation sites excluding steroid dienone is 1. The summed E-state index contributed by atoms with van der Waals surface area (Å²) in [4.78, 5) is 24.1. The van der Waals surface area contributed by atoms with Gasteiger partial charge in [0.25, 0.3) is 0 Å². The van der Waals surface area contributed by atoms with Crippen molar-refractivity contribution in [3.05, 3.63) is 99.8 Å². The van der Waals surface area contributed by atoms with Gasteiger partial charge in [-0.3, -0.25) is 4.79 Å². The van der Waals surface area contributed by atoms with Crippen LogP contribution in [-0.4, -0.2) is 18.9 Å². The summed E-state index contributed by atoms with van der Waals surface area (Å²) < 4.78 is 16.2. The van der Waals surface area contributed by atoms with Gasteiger partial charge < -0.3 is 14.2 Å². The van der Waals surface area contributed by atoms with Crippen molar-refractivity contribution in [2.75, 3.05) is 7.11 Å². The van der Waals surface area contributed by atoms with Crippen molar-refractivity contribution in [2.24, 2.45) is 0 Å². The first-order chi connectivity index (χ1) is 14.5. The van der Waals surface area contributed by atoms with Crippen LogP contribution in [0.3, 0.4) is 0 Å². The third-order valence-electron chi connectivity index (χ3n) is 4.57. The van der Waals surface area contributed by atoms with Crippen LogP contribution in [0.4, 0.5) is 0 Å². The van der Waals surface area contributed by atoms with E-state index in [9.17, 15) is 9.59 Å². The number of methoxy groups -OCH3 is 1. The van der Waals surface area contributed by atoms with E-state index in [0.717, 1.165) is 11.1 Å².